The fourth-order valence-electron chi connectivity index (χ4n) is 4.96. The Kier molecular flexibility index (Phi) is 6.72. The summed E-state index contributed by atoms with van der Waals surface area (Å²) in [5, 5.41) is 0. The second-order valence-corrected chi connectivity index (χ2v) is 10.5. The third-order valence-corrected chi connectivity index (χ3v) is 8.63. The third kappa shape index (κ3) is 4.54. The summed E-state index contributed by atoms with van der Waals surface area (Å²) < 4.78 is 40.3. The normalized spacial score (nSPS) is 27.2. The number of benzene rings is 1. The van der Waals surface area contributed by atoms with Crippen LogP contribution >= 0.6 is 0 Å². The Bertz CT molecular complexity index is 832. The summed E-state index contributed by atoms with van der Waals surface area (Å²) in [5.74, 6) is -0.0951. The molecule has 1 aromatic rings. The van der Waals surface area contributed by atoms with Gasteiger partial charge in [0.2, 0.25) is 15.9 Å². The van der Waals surface area contributed by atoms with E-state index < -0.39 is 15.8 Å². The first kappa shape index (κ1) is 21.7. The Balaban J connectivity index is 1.38. The van der Waals surface area contributed by atoms with Crippen molar-refractivity contribution in [3.05, 3.63) is 30.1 Å². The summed E-state index contributed by atoms with van der Waals surface area (Å²) in [6.45, 7) is 3.13. The lowest BCUT2D eigenvalue weighted by Crippen LogP contribution is -2.49. The van der Waals surface area contributed by atoms with Gasteiger partial charge in [0.25, 0.3) is 0 Å². The molecular formula is C21H31FN4O3S. The number of nitrogens with one attached hydrogen (secondary N) is 2. The largest absolute Gasteiger partial charge is 0.342 e. The molecule has 2 N–H and O–H groups in total. The minimum absolute atomic E-state index is 0.0245. The van der Waals surface area contributed by atoms with Crippen LogP contribution in [0.4, 0.5) is 4.39 Å². The van der Waals surface area contributed by atoms with Gasteiger partial charge in [-0.1, -0.05) is 12.8 Å². The molecule has 0 saturated carbocycles. The molecule has 166 valence electrons. The van der Waals surface area contributed by atoms with Gasteiger partial charge < -0.3 is 4.90 Å². The minimum atomic E-state index is -3.62. The fourth-order valence-corrected chi connectivity index (χ4v) is 6.43. The zero-order chi connectivity index (χ0) is 21.1. The van der Waals surface area contributed by atoms with Crippen molar-refractivity contribution in [3.8, 4) is 0 Å². The van der Waals surface area contributed by atoms with Crippen LogP contribution in [0.5, 0.6) is 0 Å². The Hall–Kier alpha value is -1.55. The predicted octanol–water partition coefficient (Wildman–Crippen LogP) is 1.72. The molecule has 4 rings (SSSR count). The van der Waals surface area contributed by atoms with Gasteiger partial charge in [0, 0.05) is 38.8 Å². The maximum absolute atomic E-state index is 13.2. The second-order valence-electron chi connectivity index (χ2n) is 8.59. The Morgan fingerprint density at radius 2 is 1.60 bits per heavy atom. The first-order valence-corrected chi connectivity index (χ1v) is 12.4. The van der Waals surface area contributed by atoms with E-state index in [2.05, 4.69) is 10.9 Å². The molecule has 3 fully saturated rings. The van der Waals surface area contributed by atoms with Crippen LogP contribution in [-0.4, -0.2) is 62.3 Å². The van der Waals surface area contributed by atoms with E-state index in [-0.39, 0.29) is 28.7 Å². The van der Waals surface area contributed by atoms with Crippen LogP contribution in [0.15, 0.2) is 29.2 Å². The van der Waals surface area contributed by atoms with Crippen molar-refractivity contribution in [1.82, 2.24) is 20.1 Å². The monoisotopic (exact) mass is 438 g/mol. The molecule has 3 aliphatic rings. The molecule has 0 spiro atoms. The summed E-state index contributed by atoms with van der Waals surface area (Å²) in [4.78, 5) is 15.3. The SMILES string of the molecule is O=C(C1CNNC1C1CCN(S(=O)(=O)c2ccc(F)cc2)CC1)N1CCCCCC1. The van der Waals surface area contributed by atoms with Gasteiger partial charge >= 0.3 is 0 Å². The maximum atomic E-state index is 13.2. The number of piperidine rings is 1. The summed E-state index contributed by atoms with van der Waals surface area (Å²) >= 11 is 0. The lowest BCUT2D eigenvalue weighted by atomic mass is 9.83. The Labute approximate surface area is 178 Å². The summed E-state index contributed by atoms with van der Waals surface area (Å²) in [7, 11) is -3.62. The molecule has 30 heavy (non-hydrogen) atoms. The number of likely N-dealkylation sites (tertiary alicyclic amines) is 1. The van der Waals surface area contributed by atoms with Crippen molar-refractivity contribution in [2.45, 2.75) is 49.5 Å². The van der Waals surface area contributed by atoms with Crippen LogP contribution in [-0.2, 0) is 14.8 Å². The highest BCUT2D eigenvalue weighted by atomic mass is 32.2. The van der Waals surface area contributed by atoms with E-state index in [0.717, 1.165) is 25.9 Å². The number of amides is 1. The van der Waals surface area contributed by atoms with Gasteiger partial charge in [-0.05, 0) is 55.9 Å². The minimum Gasteiger partial charge on any atom is -0.342 e. The van der Waals surface area contributed by atoms with Crippen molar-refractivity contribution < 1.29 is 17.6 Å². The van der Waals surface area contributed by atoms with Crippen molar-refractivity contribution in [3.63, 3.8) is 0 Å². The van der Waals surface area contributed by atoms with Crippen LogP contribution in [0.25, 0.3) is 0 Å². The number of hydrogen-bond acceptors (Lipinski definition) is 5. The number of sulfonamides is 1. The molecule has 0 bridgehead atoms. The van der Waals surface area contributed by atoms with E-state index in [4.69, 9.17) is 0 Å². The third-order valence-electron chi connectivity index (χ3n) is 6.72. The molecule has 3 saturated heterocycles. The quantitative estimate of drug-likeness (QED) is 0.748. The number of carbonyl (C=O) groups excluding carboxylic acids is 1. The first-order valence-electron chi connectivity index (χ1n) is 11.0. The van der Waals surface area contributed by atoms with Gasteiger partial charge in [0.15, 0.2) is 0 Å². The van der Waals surface area contributed by atoms with Gasteiger partial charge in [0.05, 0.1) is 10.8 Å². The van der Waals surface area contributed by atoms with E-state index >= 15 is 0 Å². The number of rotatable bonds is 4. The highest BCUT2D eigenvalue weighted by Gasteiger charge is 2.42. The first-order chi connectivity index (χ1) is 14.5. The fraction of sp³-hybridized carbons (Fsp3) is 0.667. The zero-order valence-corrected chi connectivity index (χ0v) is 18.0. The maximum Gasteiger partial charge on any atom is 0.243 e. The van der Waals surface area contributed by atoms with E-state index in [0.29, 0.717) is 32.5 Å². The van der Waals surface area contributed by atoms with Gasteiger partial charge in [-0.3, -0.25) is 15.6 Å². The highest BCUT2D eigenvalue weighted by molar-refractivity contribution is 7.89. The zero-order valence-electron chi connectivity index (χ0n) is 17.2. The standard InChI is InChI=1S/C21H31FN4O3S/c22-17-5-7-18(8-6-17)30(28,29)26-13-9-16(10-14-26)20-19(15-23-24-20)21(27)25-11-3-1-2-4-12-25/h5-8,16,19-20,23-24H,1-4,9-15H2. The molecule has 1 aromatic carbocycles. The molecule has 0 aliphatic carbocycles. The molecule has 3 aliphatic heterocycles. The van der Waals surface area contributed by atoms with Crippen molar-refractivity contribution >= 4 is 15.9 Å². The predicted molar refractivity (Wildman–Crippen MR) is 111 cm³/mol. The number of hydrogen-bond donors (Lipinski definition) is 2. The van der Waals surface area contributed by atoms with Crippen LogP contribution in [0.2, 0.25) is 0 Å². The summed E-state index contributed by atoms with van der Waals surface area (Å²) in [5.41, 5.74) is 6.46. The van der Waals surface area contributed by atoms with Crippen LogP contribution in [0, 0.1) is 17.7 Å². The molecule has 2 unspecified atom stereocenters. The van der Waals surface area contributed by atoms with Crippen molar-refractivity contribution in [2.24, 2.45) is 11.8 Å². The number of halogens is 1. The molecule has 3 heterocycles. The van der Waals surface area contributed by atoms with Gasteiger partial charge in [-0.25, -0.2) is 12.8 Å². The molecule has 2 atom stereocenters. The van der Waals surface area contributed by atoms with Crippen LogP contribution in [0.1, 0.15) is 38.5 Å². The van der Waals surface area contributed by atoms with Gasteiger partial charge in [-0.15, -0.1) is 0 Å². The summed E-state index contributed by atoms with van der Waals surface area (Å²) in [6, 6.07) is 5.00. The highest BCUT2D eigenvalue weighted by Crippen LogP contribution is 2.30. The van der Waals surface area contributed by atoms with E-state index in [9.17, 15) is 17.6 Å². The number of carbonyl (C=O) groups is 1. The lowest BCUT2D eigenvalue weighted by molar-refractivity contribution is -0.135. The average Bonchev–Trinajstić information content (AvgIpc) is 3.08. The van der Waals surface area contributed by atoms with E-state index in [1.807, 2.05) is 4.90 Å². The second kappa shape index (κ2) is 9.30. The van der Waals surface area contributed by atoms with Gasteiger partial charge in [-0.2, -0.15) is 4.31 Å². The topological polar surface area (TPSA) is 81.8 Å². The average molecular weight is 439 g/mol. The molecule has 0 aromatic heterocycles. The number of hydrazine groups is 1. The van der Waals surface area contributed by atoms with Crippen LogP contribution in [0.3, 0.4) is 0 Å². The lowest BCUT2D eigenvalue weighted by Gasteiger charge is -2.36. The Morgan fingerprint density at radius 3 is 2.23 bits per heavy atom. The molecule has 1 amide bonds. The summed E-state index contributed by atoms with van der Waals surface area (Å²) in [6.07, 6.45) is 5.92. The van der Waals surface area contributed by atoms with Crippen molar-refractivity contribution in [1.29, 1.82) is 0 Å². The van der Waals surface area contributed by atoms with E-state index in [1.165, 1.54) is 41.4 Å². The smallest absolute Gasteiger partial charge is 0.243 e. The molecular weight excluding hydrogens is 407 g/mol. The molecule has 7 nitrogen and oxygen atoms in total. The molecule has 0 radical (unpaired) electrons. The van der Waals surface area contributed by atoms with Crippen molar-refractivity contribution in [2.75, 3.05) is 32.7 Å². The van der Waals surface area contributed by atoms with Crippen LogP contribution < -0.4 is 10.9 Å². The Morgan fingerprint density at radius 1 is 0.967 bits per heavy atom. The van der Waals surface area contributed by atoms with Gasteiger partial charge in [0.1, 0.15) is 5.82 Å². The molecule has 9 heteroatoms. The number of nitrogens with zero attached hydrogens (tertiary/aromatic N) is 2. The van der Waals surface area contributed by atoms with E-state index in [1.54, 1.807) is 0 Å².